The Morgan fingerprint density at radius 2 is 1.90 bits per heavy atom. The number of carbonyl (C=O) groups excluding carboxylic acids is 2. The number of esters is 1. The van der Waals surface area contributed by atoms with E-state index in [1.54, 1.807) is 6.07 Å². The molecule has 0 heterocycles. The molecule has 0 saturated carbocycles. The first kappa shape index (κ1) is 17.3. The van der Waals surface area contributed by atoms with Gasteiger partial charge in [-0.05, 0) is 12.1 Å². The summed E-state index contributed by atoms with van der Waals surface area (Å²) in [4.78, 5) is 22.7. The van der Waals surface area contributed by atoms with Gasteiger partial charge in [-0.1, -0.05) is 23.7 Å². The number of hydrogen-bond donors (Lipinski definition) is 2. The average molecular weight is 326 g/mol. The van der Waals surface area contributed by atoms with Gasteiger partial charge >= 0.3 is 12.1 Å². The Kier molecular flexibility index (Phi) is 5.19. The van der Waals surface area contributed by atoms with Crippen molar-refractivity contribution in [2.24, 2.45) is 0 Å². The Bertz CT molecular complexity index is 550. The zero-order valence-corrected chi connectivity index (χ0v) is 11.5. The smallest absolute Gasteiger partial charge is 0.428 e. The third-order valence-corrected chi connectivity index (χ3v) is 2.89. The van der Waals surface area contributed by atoms with Gasteiger partial charge in [-0.3, -0.25) is 4.79 Å². The molecule has 9 heteroatoms. The first-order valence-corrected chi connectivity index (χ1v) is 5.91. The summed E-state index contributed by atoms with van der Waals surface area (Å²) in [6.07, 6.45) is -6.91. The van der Waals surface area contributed by atoms with E-state index in [0.717, 1.165) is 0 Å². The highest BCUT2D eigenvalue weighted by Gasteiger charge is 2.61. The fraction of sp³-hybridized carbons (Fsp3) is 0.333. The normalized spacial score (nSPS) is 14.2. The zero-order valence-electron chi connectivity index (χ0n) is 10.7. The lowest BCUT2D eigenvalue weighted by atomic mass is 9.98. The fourth-order valence-electron chi connectivity index (χ4n) is 1.45. The van der Waals surface area contributed by atoms with Crippen molar-refractivity contribution in [1.29, 1.82) is 0 Å². The Labute approximate surface area is 122 Å². The van der Waals surface area contributed by atoms with Crippen LogP contribution in [0.2, 0.25) is 5.02 Å². The zero-order chi connectivity index (χ0) is 16.3. The number of halogens is 4. The second-order valence-electron chi connectivity index (χ2n) is 4.05. The minimum Gasteiger partial charge on any atom is -0.467 e. The minimum absolute atomic E-state index is 0.0542. The van der Waals surface area contributed by atoms with Gasteiger partial charge in [0, 0.05) is 0 Å². The van der Waals surface area contributed by atoms with Crippen LogP contribution in [0.1, 0.15) is 6.42 Å². The van der Waals surface area contributed by atoms with Gasteiger partial charge in [0.15, 0.2) is 0 Å². The Hall–Kier alpha value is -1.80. The fourth-order valence-corrected chi connectivity index (χ4v) is 1.63. The van der Waals surface area contributed by atoms with Crippen molar-refractivity contribution >= 4 is 29.2 Å². The number of aliphatic hydroxyl groups is 1. The van der Waals surface area contributed by atoms with Crippen molar-refractivity contribution in [3.63, 3.8) is 0 Å². The number of para-hydroxylation sites is 1. The van der Waals surface area contributed by atoms with E-state index in [1.807, 2.05) is 0 Å². The van der Waals surface area contributed by atoms with E-state index in [0.29, 0.717) is 7.11 Å². The summed E-state index contributed by atoms with van der Waals surface area (Å²) < 4.78 is 42.2. The molecule has 1 rings (SSSR count). The Balaban J connectivity index is 2.93. The first-order valence-electron chi connectivity index (χ1n) is 5.53. The molecule has 1 aromatic rings. The summed E-state index contributed by atoms with van der Waals surface area (Å²) in [5.74, 6) is -3.21. The quantitative estimate of drug-likeness (QED) is 0.832. The Morgan fingerprint density at radius 3 is 2.38 bits per heavy atom. The number of benzene rings is 1. The predicted molar refractivity (Wildman–Crippen MR) is 67.7 cm³/mol. The molecule has 0 spiro atoms. The highest BCUT2D eigenvalue weighted by Crippen LogP contribution is 2.34. The van der Waals surface area contributed by atoms with E-state index in [2.05, 4.69) is 10.1 Å². The molecule has 5 nitrogen and oxygen atoms in total. The summed E-state index contributed by atoms with van der Waals surface area (Å²) in [7, 11) is 0.672. The highest BCUT2D eigenvalue weighted by molar-refractivity contribution is 6.33. The van der Waals surface area contributed by atoms with Crippen LogP contribution in [0.5, 0.6) is 0 Å². The molecular weight excluding hydrogens is 315 g/mol. The van der Waals surface area contributed by atoms with Gasteiger partial charge in [0.2, 0.25) is 5.91 Å². The van der Waals surface area contributed by atoms with E-state index < -0.39 is 30.1 Å². The van der Waals surface area contributed by atoms with Gasteiger partial charge in [0.1, 0.15) is 0 Å². The van der Waals surface area contributed by atoms with Crippen molar-refractivity contribution in [2.45, 2.75) is 18.2 Å². The second-order valence-corrected chi connectivity index (χ2v) is 4.46. The number of anilines is 1. The number of methoxy groups -OCH3 is 1. The summed E-state index contributed by atoms with van der Waals surface area (Å²) >= 11 is 5.73. The van der Waals surface area contributed by atoms with Gasteiger partial charge in [0.25, 0.3) is 5.60 Å². The van der Waals surface area contributed by atoms with Crippen LogP contribution in [0.15, 0.2) is 24.3 Å². The van der Waals surface area contributed by atoms with Crippen LogP contribution in [0.3, 0.4) is 0 Å². The van der Waals surface area contributed by atoms with E-state index in [-0.39, 0.29) is 10.7 Å². The van der Waals surface area contributed by atoms with Crippen LogP contribution < -0.4 is 5.32 Å². The summed E-state index contributed by atoms with van der Waals surface area (Å²) in [5, 5.41) is 11.6. The maximum atomic E-state index is 12.8. The van der Waals surface area contributed by atoms with E-state index in [1.165, 1.54) is 18.2 Å². The third kappa shape index (κ3) is 3.85. The van der Waals surface area contributed by atoms with E-state index in [9.17, 15) is 27.9 Å². The number of carbonyl (C=O) groups is 2. The van der Waals surface area contributed by atoms with Gasteiger partial charge < -0.3 is 15.2 Å². The van der Waals surface area contributed by atoms with Crippen LogP contribution in [-0.2, 0) is 14.3 Å². The number of amides is 1. The molecule has 1 atom stereocenters. The topological polar surface area (TPSA) is 75.6 Å². The van der Waals surface area contributed by atoms with E-state index in [4.69, 9.17) is 11.6 Å². The van der Waals surface area contributed by atoms with Crippen molar-refractivity contribution in [3.8, 4) is 0 Å². The number of hydrogen-bond acceptors (Lipinski definition) is 4. The molecular formula is C12H11ClF3NO4. The van der Waals surface area contributed by atoms with Crippen LogP contribution >= 0.6 is 11.6 Å². The summed E-state index contributed by atoms with van der Waals surface area (Å²) in [6, 6.07) is 5.81. The lowest BCUT2D eigenvalue weighted by Gasteiger charge is -2.26. The van der Waals surface area contributed by atoms with Crippen LogP contribution in [0.25, 0.3) is 0 Å². The molecule has 0 fully saturated rings. The van der Waals surface area contributed by atoms with Crippen molar-refractivity contribution in [2.75, 3.05) is 12.4 Å². The van der Waals surface area contributed by atoms with Crippen molar-refractivity contribution in [3.05, 3.63) is 29.3 Å². The van der Waals surface area contributed by atoms with Crippen LogP contribution in [0, 0.1) is 0 Å². The lowest BCUT2D eigenvalue weighted by Crippen LogP contribution is -2.54. The molecule has 0 bridgehead atoms. The molecule has 2 N–H and O–H groups in total. The lowest BCUT2D eigenvalue weighted by molar-refractivity contribution is -0.261. The van der Waals surface area contributed by atoms with Gasteiger partial charge in [-0.15, -0.1) is 0 Å². The number of alkyl halides is 3. The molecule has 0 aliphatic rings. The number of nitrogens with one attached hydrogen (secondary N) is 1. The number of rotatable bonds is 4. The SMILES string of the molecule is COC(=O)C(O)(CC(=O)Nc1ccccc1Cl)C(F)(F)F. The summed E-state index contributed by atoms with van der Waals surface area (Å²) in [6.45, 7) is 0. The molecule has 21 heavy (non-hydrogen) atoms. The molecule has 1 unspecified atom stereocenters. The van der Waals surface area contributed by atoms with Gasteiger partial charge in [0.05, 0.1) is 24.2 Å². The molecule has 0 aliphatic carbocycles. The largest absolute Gasteiger partial charge is 0.467 e. The van der Waals surface area contributed by atoms with Gasteiger partial charge in [-0.25, -0.2) is 4.79 Å². The maximum absolute atomic E-state index is 12.8. The second kappa shape index (κ2) is 6.31. The molecule has 0 saturated heterocycles. The van der Waals surface area contributed by atoms with Crippen LogP contribution in [-0.4, -0.2) is 35.9 Å². The third-order valence-electron chi connectivity index (χ3n) is 2.56. The van der Waals surface area contributed by atoms with Crippen molar-refractivity contribution in [1.82, 2.24) is 0 Å². The minimum atomic E-state index is -5.36. The molecule has 0 aromatic heterocycles. The van der Waals surface area contributed by atoms with E-state index >= 15 is 0 Å². The standard InChI is InChI=1S/C12H11ClF3NO4/c1-21-10(19)11(20,12(14,15)16)6-9(18)17-8-5-3-2-4-7(8)13/h2-5,20H,6H2,1H3,(H,17,18). The summed E-state index contributed by atoms with van der Waals surface area (Å²) in [5.41, 5.74) is -3.87. The molecule has 0 aliphatic heterocycles. The predicted octanol–water partition coefficient (Wildman–Crippen LogP) is 2.13. The molecule has 1 aromatic carbocycles. The molecule has 1 amide bonds. The van der Waals surface area contributed by atoms with Crippen molar-refractivity contribution < 1.29 is 32.6 Å². The maximum Gasteiger partial charge on any atom is 0.428 e. The van der Waals surface area contributed by atoms with Crippen LogP contribution in [0.4, 0.5) is 18.9 Å². The van der Waals surface area contributed by atoms with Gasteiger partial charge in [-0.2, -0.15) is 13.2 Å². The highest BCUT2D eigenvalue weighted by atomic mass is 35.5. The molecule has 0 radical (unpaired) electrons. The molecule has 116 valence electrons. The first-order chi connectivity index (χ1) is 9.61. The monoisotopic (exact) mass is 325 g/mol. The Morgan fingerprint density at radius 1 is 1.33 bits per heavy atom. The number of ether oxygens (including phenoxy) is 1. The average Bonchev–Trinajstić information content (AvgIpc) is 2.39.